The molecule has 2 N–H and O–H groups in total. The molecule has 6 rings (SSSR count). The third-order valence-corrected chi connectivity index (χ3v) is 18.3. The molecule has 0 bridgehead atoms. The maximum Gasteiger partial charge on any atom is 0.263 e. The molecule has 2 amide bonds. The lowest BCUT2D eigenvalue weighted by atomic mass is 9.77. The summed E-state index contributed by atoms with van der Waals surface area (Å²) in [7, 11) is -2.16. The quantitative estimate of drug-likeness (QED) is 0.0477. The molecule has 3 aromatic rings. The van der Waals surface area contributed by atoms with Crippen molar-refractivity contribution in [3.05, 3.63) is 81.4 Å². The Balaban J connectivity index is 1.08. The number of thiazole rings is 1. The zero-order chi connectivity index (χ0) is 49.5. The molecular formula is C58H85N4O4S4+. The van der Waals surface area contributed by atoms with Crippen LogP contribution >= 0.6 is 23.1 Å². The predicted octanol–water partition coefficient (Wildman–Crippen LogP) is 14.4. The molecule has 0 spiro atoms. The van der Waals surface area contributed by atoms with Crippen LogP contribution in [-0.4, -0.2) is 52.4 Å². The topological polar surface area (TPSA) is 99.5 Å². The number of rotatable bonds is 32. The van der Waals surface area contributed by atoms with Gasteiger partial charge in [-0.3, -0.25) is 18.0 Å². The van der Waals surface area contributed by atoms with E-state index in [2.05, 4.69) is 82.5 Å². The average Bonchev–Trinajstić information content (AvgIpc) is 3.88. The molecule has 1 aromatic heterocycles. The van der Waals surface area contributed by atoms with Crippen molar-refractivity contribution in [1.82, 2.24) is 10.6 Å². The highest BCUT2D eigenvalue weighted by Crippen LogP contribution is 2.48. The number of aromatic nitrogens is 1. The van der Waals surface area contributed by atoms with E-state index in [-0.39, 0.29) is 11.8 Å². The monoisotopic (exact) mass is 1030 g/mol. The Bertz CT molecular complexity index is 2350. The first kappa shape index (κ1) is 56.0. The number of hydrogen-bond acceptors (Lipinski definition) is 7. The Kier molecular flexibility index (Phi) is 24.5. The van der Waals surface area contributed by atoms with Crippen molar-refractivity contribution in [2.24, 2.45) is 5.92 Å². The van der Waals surface area contributed by atoms with Crippen LogP contribution in [0.15, 0.2) is 91.1 Å². The van der Waals surface area contributed by atoms with Crippen LogP contribution in [0.5, 0.6) is 0 Å². The molecule has 70 heavy (non-hydrogen) atoms. The highest BCUT2D eigenvalue weighted by molar-refractivity contribution is 8.03. The second-order valence-electron chi connectivity index (χ2n) is 19.9. The number of nitrogens with zero attached hydrogens (tertiary/aromatic N) is 2. The van der Waals surface area contributed by atoms with Gasteiger partial charge < -0.3 is 15.5 Å². The van der Waals surface area contributed by atoms with Crippen molar-refractivity contribution < 1.29 is 22.6 Å². The second-order valence-corrected chi connectivity index (χ2v) is 24.8. The van der Waals surface area contributed by atoms with Crippen LogP contribution in [-0.2, 0) is 37.7 Å². The summed E-state index contributed by atoms with van der Waals surface area (Å²) in [6, 6.07) is 12.4. The molecule has 0 saturated heterocycles. The van der Waals surface area contributed by atoms with Crippen LogP contribution in [0.4, 0.5) is 5.69 Å². The van der Waals surface area contributed by atoms with E-state index in [9.17, 15) is 18.0 Å². The first-order valence-corrected chi connectivity index (χ1v) is 32.0. The second kappa shape index (κ2) is 30.7. The van der Waals surface area contributed by atoms with E-state index in [0.717, 1.165) is 98.3 Å². The van der Waals surface area contributed by atoms with Gasteiger partial charge in [0.1, 0.15) is 4.70 Å². The van der Waals surface area contributed by atoms with E-state index >= 15 is 0 Å². The highest BCUT2D eigenvalue weighted by atomic mass is 32.2. The van der Waals surface area contributed by atoms with E-state index in [1.165, 1.54) is 126 Å². The van der Waals surface area contributed by atoms with Gasteiger partial charge in [0, 0.05) is 89.0 Å². The van der Waals surface area contributed by atoms with Crippen LogP contribution in [0.2, 0.25) is 0 Å². The predicted molar refractivity (Wildman–Crippen MR) is 299 cm³/mol. The normalized spacial score (nSPS) is 17.7. The molecule has 3 aliphatic rings. The zero-order valence-corrected chi connectivity index (χ0v) is 46.5. The van der Waals surface area contributed by atoms with Crippen LogP contribution < -0.4 is 20.1 Å². The molecule has 384 valence electrons. The average molecular weight is 1030 g/mol. The Morgan fingerprint density at radius 3 is 1.89 bits per heavy atom. The van der Waals surface area contributed by atoms with Gasteiger partial charge >= 0.3 is 0 Å². The van der Waals surface area contributed by atoms with E-state index in [1.807, 2.05) is 12.1 Å². The van der Waals surface area contributed by atoms with Crippen LogP contribution in [0.3, 0.4) is 0 Å². The van der Waals surface area contributed by atoms with Gasteiger partial charge in [-0.2, -0.15) is 4.57 Å². The number of allylic oxidation sites excluding steroid dienone is 6. The molecule has 0 fully saturated rings. The number of thioether (sulfide) groups is 1. The summed E-state index contributed by atoms with van der Waals surface area (Å²) in [5.74, 6) is 0.848. The van der Waals surface area contributed by atoms with Crippen molar-refractivity contribution in [2.75, 3.05) is 37.0 Å². The minimum atomic E-state index is -1.08. The number of aryl methyl sites for hydroxylation is 1. The lowest BCUT2D eigenvalue weighted by Gasteiger charge is -2.29. The lowest BCUT2D eigenvalue weighted by Crippen LogP contribution is -2.37. The highest BCUT2D eigenvalue weighted by Gasteiger charge is 2.29. The molecule has 2 heterocycles. The number of hydrogen-bond donors (Lipinski definition) is 2. The first-order chi connectivity index (χ1) is 34.1. The molecule has 8 nitrogen and oxygen atoms in total. The number of fused-ring (bicyclic) bond motifs is 3. The number of carbonyl (C=O) groups is 2. The minimum absolute atomic E-state index is 0.153. The number of unbranched alkanes of at least 4 members (excludes halogenated alkanes) is 16. The number of benzene rings is 2. The Morgan fingerprint density at radius 2 is 1.26 bits per heavy atom. The van der Waals surface area contributed by atoms with Gasteiger partial charge in [-0.15, -0.1) is 0 Å². The van der Waals surface area contributed by atoms with Gasteiger partial charge in [0.15, 0.2) is 6.54 Å². The van der Waals surface area contributed by atoms with E-state index in [0.29, 0.717) is 31.8 Å². The van der Waals surface area contributed by atoms with E-state index in [4.69, 9.17) is 0 Å². The Morgan fingerprint density at radius 1 is 0.686 bits per heavy atom. The lowest BCUT2D eigenvalue weighted by molar-refractivity contribution is -0.669. The molecule has 2 aliphatic carbocycles. The number of carbonyl (C=O) groups excluding carboxylic acids is 2. The Labute approximate surface area is 435 Å². The molecule has 0 saturated carbocycles. The number of nitrogens with one attached hydrogen (secondary N) is 2. The number of amides is 2. The SMILES string of the molecule is CCCCCCCCCCCC(=O)NCCCN1/C(=C/C2=CC3=C/C(=C/c4sc5ccc(S(C)=O)cc5[n+]4CCCNC(=O)CCCCCCCCCCC)CCC3CC2)Sc2ccc(S(C)=O)cc21. The largest absolute Gasteiger partial charge is 0.356 e. The van der Waals surface area contributed by atoms with Gasteiger partial charge in [-0.05, 0) is 104 Å². The first-order valence-electron chi connectivity index (χ1n) is 27.2. The van der Waals surface area contributed by atoms with Crippen LogP contribution in [0.1, 0.15) is 186 Å². The summed E-state index contributed by atoms with van der Waals surface area (Å²) in [6.07, 6.45) is 42.7. The third-order valence-electron chi connectivity index (χ3n) is 14.2. The van der Waals surface area contributed by atoms with Crippen LogP contribution in [0.25, 0.3) is 16.3 Å². The molecular weight excluding hydrogens is 945 g/mol. The van der Waals surface area contributed by atoms with E-state index in [1.54, 1.807) is 35.6 Å². The van der Waals surface area contributed by atoms with Gasteiger partial charge in [-0.1, -0.05) is 152 Å². The van der Waals surface area contributed by atoms with Gasteiger partial charge in [0.2, 0.25) is 17.3 Å². The summed E-state index contributed by atoms with van der Waals surface area (Å²) < 4.78 is 28.7. The molecule has 1 aliphatic heterocycles. The maximum atomic E-state index is 12.8. The summed E-state index contributed by atoms with van der Waals surface area (Å²) >= 11 is 3.57. The fourth-order valence-corrected chi connectivity index (χ4v) is 13.4. The molecule has 3 unspecified atom stereocenters. The van der Waals surface area contributed by atoms with Crippen molar-refractivity contribution >= 4 is 78.5 Å². The molecule has 3 atom stereocenters. The third kappa shape index (κ3) is 18.0. The summed E-state index contributed by atoms with van der Waals surface area (Å²) in [6.45, 7) is 7.33. The molecule has 12 heteroatoms. The Hall–Kier alpha value is -3.32. The number of anilines is 1. The smallest absolute Gasteiger partial charge is 0.263 e. The maximum absolute atomic E-state index is 12.8. The summed E-state index contributed by atoms with van der Waals surface area (Å²) in [4.78, 5) is 30.7. The van der Waals surface area contributed by atoms with Crippen LogP contribution in [0, 0.1) is 5.92 Å². The fourth-order valence-electron chi connectivity index (χ4n) is 10.0. The van der Waals surface area contributed by atoms with Crippen molar-refractivity contribution in [2.45, 2.75) is 202 Å². The molecule has 2 aromatic carbocycles. The summed E-state index contributed by atoms with van der Waals surface area (Å²) in [5, 5.41) is 8.75. The van der Waals surface area contributed by atoms with Gasteiger partial charge in [0.25, 0.3) is 5.01 Å². The zero-order valence-electron chi connectivity index (χ0n) is 43.2. The molecule has 0 radical (unpaired) electrons. The minimum Gasteiger partial charge on any atom is -0.356 e. The van der Waals surface area contributed by atoms with Crippen molar-refractivity contribution in [1.29, 1.82) is 0 Å². The van der Waals surface area contributed by atoms with E-state index < -0.39 is 21.6 Å². The van der Waals surface area contributed by atoms with Crippen molar-refractivity contribution in [3.8, 4) is 0 Å². The standard InChI is InChI=1S/C58H84N4O4S4/c1-5-7-9-11-13-15-17-19-21-25-55(63)59-35-23-37-61-51-43-49(69(3)65)31-33-53(51)67-57(61)41-45-27-29-47-30-28-46(40-48(47)39-45)42-58-62(52-44-50(70(4)66)32-34-54(52)68-58)38-24-36-60-56(64)26-22-20-18-16-14-12-10-8-6-2/h31-34,39-44,47H,5-30,35-38H2,1-4H3,(H-,59,60,63,64)/p+1. The summed E-state index contributed by atoms with van der Waals surface area (Å²) in [5.41, 5.74) is 6.26. The fraction of sp³-hybridized carbons (Fsp3) is 0.603. The van der Waals surface area contributed by atoms with Crippen molar-refractivity contribution in [3.63, 3.8) is 0 Å². The van der Waals surface area contributed by atoms with Gasteiger partial charge in [-0.25, -0.2) is 0 Å². The van der Waals surface area contributed by atoms with Gasteiger partial charge in [0.05, 0.1) is 21.5 Å².